The molecule has 106 valence electrons. The maximum atomic E-state index is 5.92. The normalized spacial score (nSPS) is 17.6. The number of halogens is 1. The van der Waals surface area contributed by atoms with Crippen molar-refractivity contribution in [1.29, 1.82) is 0 Å². The number of nitrogen functional groups attached to an aromatic ring is 1. The molecule has 0 radical (unpaired) electrons. The Morgan fingerprint density at radius 1 is 1.26 bits per heavy atom. The summed E-state index contributed by atoms with van der Waals surface area (Å²) < 4.78 is 0. The predicted octanol–water partition coefficient (Wildman–Crippen LogP) is 0.680. The Hall–Kier alpha value is -1.11. The van der Waals surface area contributed by atoms with Crippen LogP contribution in [0.5, 0.6) is 0 Å². The zero-order valence-electron chi connectivity index (χ0n) is 11.5. The Labute approximate surface area is 118 Å². The molecule has 3 N–H and O–H groups in total. The molecule has 0 amide bonds. The summed E-state index contributed by atoms with van der Waals surface area (Å²) in [6.07, 6.45) is 0. The van der Waals surface area contributed by atoms with Crippen LogP contribution in [0.25, 0.3) is 0 Å². The summed E-state index contributed by atoms with van der Waals surface area (Å²) in [6.45, 7) is 8.08. The molecular weight excluding hydrogens is 264 g/mol. The molecule has 1 aromatic heterocycles. The first-order valence-corrected chi connectivity index (χ1v) is 6.88. The highest BCUT2D eigenvalue weighted by Gasteiger charge is 2.13. The van der Waals surface area contributed by atoms with E-state index < -0.39 is 0 Å². The zero-order valence-corrected chi connectivity index (χ0v) is 12.2. The summed E-state index contributed by atoms with van der Waals surface area (Å²) in [5.41, 5.74) is 7.20. The van der Waals surface area contributed by atoms with Gasteiger partial charge in [0.05, 0.1) is 11.4 Å². The van der Waals surface area contributed by atoms with E-state index in [-0.39, 0.29) is 5.28 Å². The smallest absolute Gasteiger partial charge is 0.224 e. The van der Waals surface area contributed by atoms with E-state index in [9.17, 15) is 0 Å². The molecule has 2 rings (SSSR count). The molecule has 0 atom stereocenters. The molecule has 0 bridgehead atoms. The summed E-state index contributed by atoms with van der Waals surface area (Å²) in [6, 6.07) is 0. The Morgan fingerprint density at radius 2 is 1.95 bits per heavy atom. The van der Waals surface area contributed by atoms with Crippen molar-refractivity contribution >= 4 is 23.1 Å². The summed E-state index contributed by atoms with van der Waals surface area (Å²) in [7, 11) is 2.15. The number of rotatable bonds is 4. The van der Waals surface area contributed by atoms with Crippen LogP contribution in [0.4, 0.5) is 11.5 Å². The predicted molar refractivity (Wildman–Crippen MR) is 78.6 cm³/mol. The summed E-state index contributed by atoms with van der Waals surface area (Å²) in [4.78, 5) is 12.9. The molecule has 0 aliphatic carbocycles. The highest BCUT2D eigenvalue weighted by molar-refractivity contribution is 6.28. The van der Waals surface area contributed by atoms with E-state index in [0.717, 1.165) is 39.3 Å². The molecule has 1 saturated heterocycles. The van der Waals surface area contributed by atoms with E-state index >= 15 is 0 Å². The average Bonchev–Trinajstić information content (AvgIpc) is 2.37. The van der Waals surface area contributed by atoms with Crippen LogP contribution in [0.15, 0.2) is 0 Å². The van der Waals surface area contributed by atoms with Gasteiger partial charge in [-0.3, -0.25) is 4.90 Å². The molecule has 19 heavy (non-hydrogen) atoms. The Bertz CT molecular complexity index is 430. The van der Waals surface area contributed by atoms with Gasteiger partial charge in [-0.1, -0.05) is 0 Å². The Balaban J connectivity index is 1.83. The second-order valence-electron chi connectivity index (χ2n) is 4.91. The molecule has 6 nitrogen and oxygen atoms in total. The van der Waals surface area contributed by atoms with Crippen molar-refractivity contribution in [3.8, 4) is 0 Å². The van der Waals surface area contributed by atoms with Crippen molar-refractivity contribution < 1.29 is 0 Å². The van der Waals surface area contributed by atoms with Crippen molar-refractivity contribution in [3.63, 3.8) is 0 Å². The minimum Gasteiger partial charge on any atom is -0.394 e. The minimum absolute atomic E-state index is 0.230. The van der Waals surface area contributed by atoms with E-state index in [4.69, 9.17) is 17.3 Å². The van der Waals surface area contributed by atoms with E-state index in [0.29, 0.717) is 17.2 Å². The number of hydrogen-bond donors (Lipinski definition) is 2. The van der Waals surface area contributed by atoms with E-state index in [1.807, 2.05) is 6.92 Å². The fourth-order valence-electron chi connectivity index (χ4n) is 2.09. The number of likely N-dealkylation sites (N-methyl/N-ethyl adjacent to an activating group) is 1. The van der Waals surface area contributed by atoms with Gasteiger partial charge < -0.3 is 16.0 Å². The second-order valence-corrected chi connectivity index (χ2v) is 5.25. The molecular formula is C12H21ClN6. The first kappa shape index (κ1) is 14.3. The number of piperazine rings is 1. The fraction of sp³-hybridized carbons (Fsp3) is 0.667. The Kier molecular flexibility index (Phi) is 4.79. The molecule has 0 unspecified atom stereocenters. The van der Waals surface area contributed by atoms with Crippen molar-refractivity contribution in [2.45, 2.75) is 6.92 Å². The van der Waals surface area contributed by atoms with Crippen LogP contribution in [0.1, 0.15) is 5.69 Å². The van der Waals surface area contributed by atoms with Gasteiger partial charge in [0, 0.05) is 39.3 Å². The van der Waals surface area contributed by atoms with Crippen LogP contribution in [-0.4, -0.2) is 66.1 Å². The number of nitrogens with one attached hydrogen (secondary N) is 1. The third-order valence-corrected chi connectivity index (χ3v) is 3.59. The zero-order chi connectivity index (χ0) is 13.8. The molecule has 1 aliphatic heterocycles. The average molecular weight is 285 g/mol. The summed E-state index contributed by atoms with van der Waals surface area (Å²) in [5.74, 6) is 0.631. The number of hydrogen-bond acceptors (Lipinski definition) is 6. The molecule has 1 fully saturated rings. The Morgan fingerprint density at radius 3 is 2.63 bits per heavy atom. The first-order valence-electron chi connectivity index (χ1n) is 6.50. The maximum absolute atomic E-state index is 5.92. The van der Waals surface area contributed by atoms with Crippen molar-refractivity contribution in [3.05, 3.63) is 11.0 Å². The number of nitrogens with two attached hydrogens (primary N) is 1. The van der Waals surface area contributed by atoms with E-state index in [2.05, 4.69) is 32.1 Å². The summed E-state index contributed by atoms with van der Waals surface area (Å²) >= 11 is 5.83. The maximum Gasteiger partial charge on any atom is 0.224 e. The highest BCUT2D eigenvalue weighted by Crippen LogP contribution is 2.20. The molecule has 1 aliphatic rings. The van der Waals surface area contributed by atoms with Crippen LogP contribution < -0.4 is 11.1 Å². The van der Waals surface area contributed by atoms with Crippen molar-refractivity contribution in [2.24, 2.45) is 0 Å². The summed E-state index contributed by atoms with van der Waals surface area (Å²) in [5, 5.41) is 3.47. The van der Waals surface area contributed by atoms with Gasteiger partial charge in [-0.25, -0.2) is 4.98 Å². The third kappa shape index (κ3) is 3.92. The molecule has 0 aromatic carbocycles. The molecule has 1 aromatic rings. The SMILES string of the molecule is Cc1nc(Cl)nc(NCCN2CCN(C)CC2)c1N. The molecule has 2 heterocycles. The monoisotopic (exact) mass is 284 g/mol. The van der Waals surface area contributed by atoms with Crippen LogP contribution in [0.3, 0.4) is 0 Å². The van der Waals surface area contributed by atoms with Crippen molar-refractivity contribution in [1.82, 2.24) is 19.8 Å². The highest BCUT2D eigenvalue weighted by atomic mass is 35.5. The molecule has 0 spiro atoms. The minimum atomic E-state index is 0.230. The van der Waals surface area contributed by atoms with Gasteiger partial charge in [-0.05, 0) is 25.6 Å². The van der Waals surface area contributed by atoms with Crippen LogP contribution in [-0.2, 0) is 0 Å². The van der Waals surface area contributed by atoms with Gasteiger partial charge in [0.2, 0.25) is 5.28 Å². The number of aryl methyl sites for hydroxylation is 1. The van der Waals surface area contributed by atoms with Gasteiger partial charge in [0.25, 0.3) is 0 Å². The van der Waals surface area contributed by atoms with E-state index in [1.165, 1.54) is 0 Å². The lowest BCUT2D eigenvalue weighted by atomic mass is 10.3. The topological polar surface area (TPSA) is 70.3 Å². The number of nitrogens with zero attached hydrogens (tertiary/aromatic N) is 4. The van der Waals surface area contributed by atoms with Gasteiger partial charge >= 0.3 is 0 Å². The van der Waals surface area contributed by atoms with Gasteiger partial charge in [-0.15, -0.1) is 0 Å². The molecule has 0 saturated carbocycles. The van der Waals surface area contributed by atoms with E-state index in [1.54, 1.807) is 0 Å². The number of aromatic nitrogens is 2. The largest absolute Gasteiger partial charge is 0.394 e. The second kappa shape index (κ2) is 6.36. The van der Waals surface area contributed by atoms with Crippen LogP contribution >= 0.6 is 11.6 Å². The van der Waals surface area contributed by atoms with Crippen LogP contribution in [0, 0.1) is 6.92 Å². The van der Waals surface area contributed by atoms with Gasteiger partial charge in [-0.2, -0.15) is 4.98 Å². The first-order chi connectivity index (χ1) is 9.06. The lowest BCUT2D eigenvalue weighted by Gasteiger charge is -2.32. The lowest BCUT2D eigenvalue weighted by Crippen LogP contribution is -2.45. The standard InChI is InChI=1S/C12H21ClN6/c1-9-10(14)11(17-12(13)16-9)15-3-4-19-7-5-18(2)6-8-19/h3-8,14H2,1-2H3,(H,15,16,17). The quantitative estimate of drug-likeness (QED) is 0.793. The van der Waals surface area contributed by atoms with Gasteiger partial charge in [0.15, 0.2) is 5.82 Å². The van der Waals surface area contributed by atoms with Gasteiger partial charge in [0.1, 0.15) is 0 Å². The third-order valence-electron chi connectivity index (χ3n) is 3.43. The molecule has 7 heteroatoms. The number of anilines is 2. The van der Waals surface area contributed by atoms with Crippen molar-refractivity contribution in [2.75, 3.05) is 57.4 Å². The van der Waals surface area contributed by atoms with Crippen LogP contribution in [0.2, 0.25) is 5.28 Å². The lowest BCUT2D eigenvalue weighted by molar-refractivity contribution is 0.158. The fourth-order valence-corrected chi connectivity index (χ4v) is 2.30.